The van der Waals surface area contributed by atoms with Crippen LogP contribution in [0.25, 0.3) is 0 Å². The fraction of sp³-hybridized carbons (Fsp3) is 0.708. The minimum Gasteiger partial charge on any atom is -0.353 e. The lowest BCUT2D eigenvalue weighted by atomic mass is 9.38. The Hall–Kier alpha value is -1.06. The molecule has 0 spiro atoms. The minimum absolute atomic E-state index is 0.165. The molecule has 5 fully saturated rings. The first-order valence-electron chi connectivity index (χ1n) is 11.2. The lowest BCUT2D eigenvalue weighted by Gasteiger charge is -2.66. The van der Waals surface area contributed by atoms with Gasteiger partial charge in [-0.3, -0.25) is 4.79 Å². The van der Waals surface area contributed by atoms with Crippen LogP contribution in [0, 0.1) is 16.7 Å². The van der Waals surface area contributed by atoms with Gasteiger partial charge in [0.05, 0.1) is 5.41 Å². The first-order valence-corrected chi connectivity index (χ1v) is 11.7. The molecule has 4 saturated carbocycles. The van der Waals surface area contributed by atoms with E-state index in [-0.39, 0.29) is 16.2 Å². The van der Waals surface area contributed by atoms with Crippen molar-refractivity contribution in [2.75, 3.05) is 19.0 Å². The number of alkyl halides is 1. The molecule has 1 amide bonds. The second-order valence-electron chi connectivity index (χ2n) is 10.4. The number of hydrogen-bond donors (Lipinski definition) is 2. The maximum Gasteiger partial charge on any atom is 0.226 e. The third-order valence-electron chi connectivity index (χ3n) is 8.35. The van der Waals surface area contributed by atoms with Crippen LogP contribution in [0.4, 0.5) is 0 Å². The molecule has 6 rings (SSSR count). The molecule has 5 aliphatic rings. The molecule has 0 radical (unpaired) electrons. The summed E-state index contributed by atoms with van der Waals surface area (Å²) in [5.74, 6) is 1.73. The Morgan fingerprint density at radius 2 is 1.86 bits per heavy atom. The molecule has 28 heavy (non-hydrogen) atoms. The van der Waals surface area contributed by atoms with Crippen LogP contribution in [-0.4, -0.2) is 30.9 Å². The van der Waals surface area contributed by atoms with Gasteiger partial charge in [0.2, 0.25) is 5.91 Å². The number of rotatable bonds is 5. The van der Waals surface area contributed by atoms with Gasteiger partial charge in [-0.05, 0) is 93.2 Å². The molecule has 4 aliphatic carbocycles. The predicted molar refractivity (Wildman–Crippen MR) is 114 cm³/mol. The Balaban J connectivity index is 1.49. The topological polar surface area (TPSA) is 41.1 Å². The molecule has 1 heterocycles. The van der Waals surface area contributed by atoms with Gasteiger partial charge < -0.3 is 10.6 Å². The Bertz CT molecular complexity index is 733. The third kappa shape index (κ3) is 3.10. The summed E-state index contributed by atoms with van der Waals surface area (Å²) in [7, 11) is 0. The van der Waals surface area contributed by atoms with Crippen molar-refractivity contribution in [3.63, 3.8) is 0 Å². The lowest BCUT2D eigenvalue weighted by Crippen LogP contribution is -2.63. The second-order valence-corrected chi connectivity index (χ2v) is 10.8. The van der Waals surface area contributed by atoms with E-state index in [2.05, 4.69) is 41.0 Å². The van der Waals surface area contributed by atoms with Crippen LogP contribution in [-0.2, 0) is 10.2 Å². The van der Waals surface area contributed by atoms with Gasteiger partial charge in [-0.15, -0.1) is 11.6 Å². The Morgan fingerprint density at radius 3 is 2.61 bits per heavy atom. The molecular formula is C24H33ClN2O. The molecule has 152 valence electrons. The van der Waals surface area contributed by atoms with E-state index >= 15 is 0 Å². The van der Waals surface area contributed by atoms with E-state index in [9.17, 15) is 4.79 Å². The van der Waals surface area contributed by atoms with Gasteiger partial charge in [0.25, 0.3) is 0 Å². The fourth-order valence-corrected chi connectivity index (χ4v) is 8.19. The summed E-state index contributed by atoms with van der Waals surface area (Å²) in [4.78, 5) is 13.7. The predicted octanol–water partition coefficient (Wildman–Crippen LogP) is 4.39. The Morgan fingerprint density at radius 1 is 1.07 bits per heavy atom. The van der Waals surface area contributed by atoms with Gasteiger partial charge in [-0.2, -0.15) is 0 Å². The van der Waals surface area contributed by atoms with Crippen molar-refractivity contribution in [2.45, 2.75) is 69.2 Å². The molecule has 3 nitrogen and oxygen atoms in total. The summed E-state index contributed by atoms with van der Waals surface area (Å²) in [5, 5.41) is 6.90. The average Bonchev–Trinajstić information content (AvgIpc) is 2.68. The first-order chi connectivity index (χ1) is 13.6. The zero-order chi connectivity index (χ0) is 19.2. The minimum atomic E-state index is -0.188. The summed E-state index contributed by atoms with van der Waals surface area (Å²) in [5.41, 5.74) is 1.68. The highest BCUT2D eigenvalue weighted by Gasteiger charge is 2.65. The van der Waals surface area contributed by atoms with Crippen molar-refractivity contribution >= 4 is 17.5 Å². The standard InChI is InChI=1S/C24H33ClN2O/c25-9-8-22-12-18-13-23(15-22,19-4-2-1-3-5-19)17-24(14-18,16-22)21(28)27-20-6-10-26-11-7-20/h1-5,18,20,26H,6-17H2,(H,27,28)/t18-,22-,23-,24?/m1/s1. The molecule has 1 saturated heterocycles. The zero-order valence-electron chi connectivity index (χ0n) is 16.8. The van der Waals surface area contributed by atoms with E-state index in [1.165, 1.54) is 24.8 Å². The number of amides is 1. The van der Waals surface area contributed by atoms with Crippen LogP contribution in [0.2, 0.25) is 0 Å². The molecule has 4 atom stereocenters. The Kier molecular flexibility index (Phi) is 4.75. The quantitative estimate of drug-likeness (QED) is 0.719. The highest BCUT2D eigenvalue weighted by atomic mass is 35.5. The van der Waals surface area contributed by atoms with E-state index < -0.39 is 0 Å². The van der Waals surface area contributed by atoms with Crippen molar-refractivity contribution in [2.24, 2.45) is 16.7 Å². The number of benzene rings is 1. The van der Waals surface area contributed by atoms with Crippen molar-refractivity contribution in [3.8, 4) is 0 Å². The van der Waals surface area contributed by atoms with Gasteiger partial charge in [0, 0.05) is 11.9 Å². The van der Waals surface area contributed by atoms with Crippen molar-refractivity contribution in [1.82, 2.24) is 10.6 Å². The molecule has 0 aromatic heterocycles. The first kappa shape index (κ1) is 18.9. The molecule has 2 N–H and O–H groups in total. The summed E-state index contributed by atoms with van der Waals surface area (Å²) >= 11 is 6.30. The highest BCUT2D eigenvalue weighted by molar-refractivity contribution is 6.17. The Labute approximate surface area is 174 Å². The monoisotopic (exact) mass is 400 g/mol. The summed E-state index contributed by atoms with van der Waals surface area (Å²) in [6.07, 6.45) is 10.1. The van der Waals surface area contributed by atoms with E-state index in [0.717, 1.165) is 51.6 Å². The van der Waals surface area contributed by atoms with Gasteiger partial charge in [-0.25, -0.2) is 0 Å². The van der Waals surface area contributed by atoms with Crippen molar-refractivity contribution in [1.29, 1.82) is 0 Å². The van der Waals surface area contributed by atoms with Gasteiger partial charge in [0.15, 0.2) is 0 Å². The number of halogens is 1. The van der Waals surface area contributed by atoms with Crippen LogP contribution in [0.1, 0.15) is 63.4 Å². The molecule has 4 bridgehead atoms. The number of carbonyl (C=O) groups excluding carboxylic acids is 1. The van der Waals surface area contributed by atoms with Gasteiger partial charge in [-0.1, -0.05) is 30.3 Å². The summed E-state index contributed by atoms with van der Waals surface area (Å²) < 4.78 is 0. The lowest BCUT2D eigenvalue weighted by molar-refractivity contribution is -0.163. The number of carbonyl (C=O) groups is 1. The van der Waals surface area contributed by atoms with Crippen LogP contribution >= 0.6 is 11.6 Å². The summed E-state index contributed by atoms with van der Waals surface area (Å²) in [6.45, 7) is 2.04. The fourth-order valence-electron chi connectivity index (χ4n) is 7.79. The van der Waals surface area contributed by atoms with Crippen LogP contribution < -0.4 is 10.6 Å². The molecule has 1 aromatic rings. The summed E-state index contributed by atoms with van der Waals surface area (Å²) in [6, 6.07) is 11.4. The largest absolute Gasteiger partial charge is 0.353 e. The van der Waals surface area contributed by atoms with E-state index in [0.29, 0.717) is 23.7 Å². The third-order valence-corrected chi connectivity index (χ3v) is 8.54. The average molecular weight is 401 g/mol. The number of piperidine rings is 1. The van der Waals surface area contributed by atoms with Crippen molar-refractivity contribution in [3.05, 3.63) is 35.9 Å². The maximum atomic E-state index is 13.7. The highest BCUT2D eigenvalue weighted by Crippen LogP contribution is 2.71. The van der Waals surface area contributed by atoms with E-state index in [1.807, 2.05) is 0 Å². The molecule has 1 unspecified atom stereocenters. The molecule has 4 heteroatoms. The maximum absolute atomic E-state index is 13.7. The number of nitrogens with one attached hydrogen (secondary N) is 2. The normalized spacial score (nSPS) is 39.8. The second kappa shape index (κ2) is 7.02. The van der Waals surface area contributed by atoms with Crippen LogP contribution in [0.5, 0.6) is 0 Å². The smallest absolute Gasteiger partial charge is 0.226 e. The van der Waals surface area contributed by atoms with Crippen LogP contribution in [0.3, 0.4) is 0 Å². The van der Waals surface area contributed by atoms with Crippen molar-refractivity contribution < 1.29 is 4.79 Å². The number of hydrogen-bond acceptors (Lipinski definition) is 2. The molecule has 1 aliphatic heterocycles. The SMILES string of the molecule is O=C(NC1CCNCC1)C12C[C@@H]3C[C@@](CCCl)(C1)C[C@](c1ccccc1)(C3)C2. The van der Waals surface area contributed by atoms with Gasteiger partial charge >= 0.3 is 0 Å². The van der Waals surface area contributed by atoms with Crippen LogP contribution in [0.15, 0.2) is 30.3 Å². The van der Waals surface area contributed by atoms with Gasteiger partial charge in [0.1, 0.15) is 0 Å². The molecular weight excluding hydrogens is 368 g/mol. The van der Waals surface area contributed by atoms with E-state index in [4.69, 9.17) is 11.6 Å². The van der Waals surface area contributed by atoms with E-state index in [1.54, 1.807) is 0 Å². The zero-order valence-corrected chi connectivity index (χ0v) is 17.6. The molecule has 1 aromatic carbocycles.